The lowest BCUT2D eigenvalue weighted by atomic mass is 10.2. The molecule has 0 fully saturated rings. The lowest BCUT2D eigenvalue weighted by Gasteiger charge is -2.15. The highest BCUT2D eigenvalue weighted by molar-refractivity contribution is 7.89. The lowest BCUT2D eigenvalue weighted by molar-refractivity contribution is -0.116. The second kappa shape index (κ2) is 6.47. The van der Waals surface area contributed by atoms with Crippen molar-refractivity contribution in [2.24, 2.45) is 0 Å². The number of H-pyrrole nitrogens is 1. The number of amides is 1. The number of benzene rings is 1. The number of aryl methyl sites for hydroxylation is 1. The van der Waals surface area contributed by atoms with Crippen LogP contribution < -0.4 is 5.32 Å². The average Bonchev–Trinajstić information content (AvgIpc) is 2.97. The number of nitrogens with one attached hydrogen (secondary N) is 2. The molecule has 0 saturated heterocycles. The smallest absolute Gasteiger partial charge is 0.260 e. The molecule has 0 unspecified atom stereocenters. The number of sulfonamides is 1. The van der Waals surface area contributed by atoms with Gasteiger partial charge in [-0.2, -0.15) is 4.31 Å². The highest BCUT2D eigenvalue weighted by Gasteiger charge is 2.24. The Balaban J connectivity index is 2.04. The third kappa shape index (κ3) is 3.65. The molecule has 0 radical (unpaired) electrons. The van der Waals surface area contributed by atoms with Crippen molar-refractivity contribution in [3.63, 3.8) is 0 Å². The van der Waals surface area contributed by atoms with Crippen LogP contribution in [0.5, 0.6) is 0 Å². The van der Waals surface area contributed by atoms with Gasteiger partial charge in [-0.05, 0) is 24.6 Å². The minimum atomic E-state index is -3.77. The molecule has 0 saturated carbocycles. The van der Waals surface area contributed by atoms with Crippen LogP contribution >= 0.6 is 11.6 Å². The van der Waals surface area contributed by atoms with Crippen molar-refractivity contribution in [1.29, 1.82) is 0 Å². The molecule has 2 N–H and O–H groups in total. The van der Waals surface area contributed by atoms with E-state index in [2.05, 4.69) is 15.3 Å². The number of imidazole rings is 1. The number of halogens is 1. The number of rotatable bonds is 5. The first kappa shape index (κ1) is 16.5. The Morgan fingerprint density at radius 3 is 2.77 bits per heavy atom. The Bertz CT molecular complexity index is 775. The summed E-state index contributed by atoms with van der Waals surface area (Å²) in [6.45, 7) is 1.52. The van der Waals surface area contributed by atoms with Gasteiger partial charge >= 0.3 is 0 Å². The van der Waals surface area contributed by atoms with E-state index >= 15 is 0 Å². The molecule has 9 heteroatoms. The second-order valence-electron chi connectivity index (χ2n) is 4.69. The van der Waals surface area contributed by atoms with Gasteiger partial charge in [0.1, 0.15) is 0 Å². The minimum Gasteiger partial charge on any atom is -0.335 e. The second-order valence-corrected chi connectivity index (χ2v) is 7.11. The summed E-state index contributed by atoms with van der Waals surface area (Å²) in [6, 6.07) is 5.07. The topological polar surface area (TPSA) is 95.2 Å². The van der Waals surface area contributed by atoms with Crippen LogP contribution in [-0.2, 0) is 14.8 Å². The van der Waals surface area contributed by atoms with Gasteiger partial charge in [-0.1, -0.05) is 17.7 Å². The molecule has 22 heavy (non-hydrogen) atoms. The number of carbonyl (C=O) groups excluding carboxylic acids is 1. The number of aromatic nitrogens is 2. The monoisotopic (exact) mass is 342 g/mol. The predicted molar refractivity (Wildman–Crippen MR) is 83.2 cm³/mol. The first-order chi connectivity index (χ1) is 10.3. The van der Waals surface area contributed by atoms with Gasteiger partial charge in [0.25, 0.3) is 10.0 Å². The Labute approximate surface area is 133 Å². The van der Waals surface area contributed by atoms with E-state index in [4.69, 9.17) is 11.6 Å². The molecule has 0 aliphatic rings. The van der Waals surface area contributed by atoms with Gasteiger partial charge in [-0.15, -0.1) is 0 Å². The molecule has 1 aromatic carbocycles. The summed E-state index contributed by atoms with van der Waals surface area (Å²) in [7, 11) is -2.45. The summed E-state index contributed by atoms with van der Waals surface area (Å²) in [5.74, 6) is -0.467. The van der Waals surface area contributed by atoms with Crippen molar-refractivity contribution in [2.45, 2.75) is 11.9 Å². The van der Waals surface area contributed by atoms with Gasteiger partial charge in [-0.3, -0.25) is 4.79 Å². The van der Waals surface area contributed by atoms with E-state index in [1.807, 2.05) is 6.92 Å². The van der Waals surface area contributed by atoms with Crippen LogP contribution in [0, 0.1) is 6.92 Å². The maximum Gasteiger partial charge on any atom is 0.260 e. The zero-order chi connectivity index (χ0) is 16.3. The largest absolute Gasteiger partial charge is 0.335 e. The van der Waals surface area contributed by atoms with Crippen molar-refractivity contribution in [1.82, 2.24) is 14.3 Å². The SMILES string of the molecule is Cc1ccc(NC(=O)CN(C)S(=O)(=O)c2cnc[nH]2)cc1Cl. The fraction of sp³-hybridized carbons (Fsp3) is 0.231. The van der Waals surface area contributed by atoms with Gasteiger partial charge < -0.3 is 10.3 Å². The van der Waals surface area contributed by atoms with E-state index in [-0.39, 0.29) is 11.6 Å². The number of anilines is 1. The highest BCUT2D eigenvalue weighted by Crippen LogP contribution is 2.20. The molecule has 0 aliphatic carbocycles. The molecule has 2 aromatic rings. The standard InChI is InChI=1S/C13H15ClN4O3S/c1-9-3-4-10(5-11(9)14)17-12(19)7-18(2)22(20,21)13-6-15-8-16-13/h3-6,8H,7H2,1-2H3,(H,15,16)(H,17,19). The number of aromatic amines is 1. The fourth-order valence-corrected chi connectivity index (χ4v) is 2.91. The van der Waals surface area contributed by atoms with Crippen LogP contribution in [0.1, 0.15) is 5.56 Å². The van der Waals surface area contributed by atoms with Crippen molar-refractivity contribution >= 4 is 33.2 Å². The molecule has 7 nitrogen and oxygen atoms in total. The molecule has 0 aliphatic heterocycles. The molecule has 1 aromatic heterocycles. The number of nitrogens with zero attached hydrogens (tertiary/aromatic N) is 2. The molecule has 0 spiro atoms. The quantitative estimate of drug-likeness (QED) is 0.863. The molecule has 1 heterocycles. The van der Waals surface area contributed by atoms with Crippen molar-refractivity contribution in [3.8, 4) is 0 Å². The summed E-state index contributed by atoms with van der Waals surface area (Å²) < 4.78 is 25.2. The van der Waals surface area contributed by atoms with Crippen LogP contribution in [0.2, 0.25) is 5.02 Å². The maximum absolute atomic E-state index is 12.1. The van der Waals surface area contributed by atoms with Gasteiger partial charge in [0.15, 0.2) is 5.03 Å². The predicted octanol–water partition coefficient (Wildman–Crippen LogP) is 1.63. The van der Waals surface area contributed by atoms with Crippen molar-refractivity contribution < 1.29 is 13.2 Å². The van der Waals surface area contributed by atoms with E-state index < -0.39 is 15.9 Å². The van der Waals surface area contributed by atoms with Crippen LogP contribution in [0.15, 0.2) is 35.7 Å². The first-order valence-corrected chi connectivity index (χ1v) is 8.13. The third-order valence-corrected chi connectivity index (χ3v) is 5.12. The van der Waals surface area contributed by atoms with E-state index in [1.54, 1.807) is 18.2 Å². The Morgan fingerprint density at radius 2 is 2.18 bits per heavy atom. The molecule has 118 valence electrons. The van der Waals surface area contributed by atoms with Crippen molar-refractivity contribution in [2.75, 3.05) is 18.9 Å². The summed E-state index contributed by atoms with van der Waals surface area (Å²) in [6.07, 6.45) is 2.44. The minimum absolute atomic E-state index is 0.0684. The fourth-order valence-electron chi connectivity index (χ4n) is 1.71. The summed E-state index contributed by atoms with van der Waals surface area (Å²) in [5, 5.41) is 3.06. The van der Waals surface area contributed by atoms with Gasteiger partial charge in [0.05, 0.1) is 19.1 Å². The Hall–Kier alpha value is -1.90. The lowest BCUT2D eigenvalue weighted by Crippen LogP contribution is -2.35. The van der Waals surface area contributed by atoms with Gasteiger partial charge in [0.2, 0.25) is 5.91 Å². The molecular weight excluding hydrogens is 328 g/mol. The maximum atomic E-state index is 12.1. The van der Waals surface area contributed by atoms with Crippen LogP contribution in [-0.4, -0.2) is 42.2 Å². The summed E-state index contributed by atoms with van der Waals surface area (Å²) >= 11 is 5.97. The van der Waals surface area contributed by atoms with E-state index in [9.17, 15) is 13.2 Å². The summed E-state index contributed by atoms with van der Waals surface area (Å²) in [4.78, 5) is 18.1. The highest BCUT2D eigenvalue weighted by atomic mass is 35.5. The molecule has 1 amide bonds. The molecule has 0 atom stereocenters. The van der Waals surface area contributed by atoms with Crippen LogP contribution in [0.3, 0.4) is 0 Å². The third-order valence-electron chi connectivity index (χ3n) is 2.98. The molecular formula is C13H15ClN4O3S. The van der Waals surface area contributed by atoms with Gasteiger partial charge in [-0.25, -0.2) is 13.4 Å². The number of hydrogen-bond acceptors (Lipinski definition) is 4. The van der Waals surface area contributed by atoms with Crippen LogP contribution in [0.25, 0.3) is 0 Å². The van der Waals surface area contributed by atoms with E-state index in [1.165, 1.54) is 19.6 Å². The zero-order valence-corrected chi connectivity index (χ0v) is 13.6. The number of hydrogen-bond donors (Lipinski definition) is 2. The first-order valence-electron chi connectivity index (χ1n) is 6.31. The molecule has 0 bridgehead atoms. The summed E-state index contributed by atoms with van der Waals surface area (Å²) in [5.41, 5.74) is 1.39. The Kier molecular flexibility index (Phi) is 4.84. The van der Waals surface area contributed by atoms with E-state index in [0.29, 0.717) is 10.7 Å². The zero-order valence-electron chi connectivity index (χ0n) is 12.0. The molecule has 2 rings (SSSR count). The van der Waals surface area contributed by atoms with Gasteiger partial charge in [0, 0.05) is 17.8 Å². The van der Waals surface area contributed by atoms with Crippen molar-refractivity contribution in [3.05, 3.63) is 41.3 Å². The normalized spacial score (nSPS) is 11.6. The van der Waals surface area contributed by atoms with Crippen LogP contribution in [0.4, 0.5) is 5.69 Å². The number of likely N-dealkylation sites (N-methyl/N-ethyl adjacent to an activating group) is 1. The van der Waals surface area contributed by atoms with E-state index in [0.717, 1.165) is 9.87 Å². The number of carbonyl (C=O) groups is 1. The Morgan fingerprint density at radius 1 is 1.45 bits per heavy atom. The average molecular weight is 343 g/mol.